The number of hydrogen-bond acceptors (Lipinski definition) is 2. The zero-order valence-corrected chi connectivity index (χ0v) is 14.4. The molecule has 0 aromatic carbocycles. The number of hydrogen-bond donors (Lipinski definition) is 2. The second-order valence-corrected chi connectivity index (χ2v) is 8.25. The van der Waals surface area contributed by atoms with E-state index in [1.165, 1.54) is 12.8 Å². The van der Waals surface area contributed by atoms with Gasteiger partial charge in [-0.15, -0.1) is 0 Å². The summed E-state index contributed by atoms with van der Waals surface area (Å²) >= 11 is 0. The van der Waals surface area contributed by atoms with Gasteiger partial charge in [-0.05, 0) is 58.3 Å². The smallest absolute Gasteiger partial charge is 0.227 e. The van der Waals surface area contributed by atoms with Gasteiger partial charge in [0.05, 0.1) is 5.41 Å². The van der Waals surface area contributed by atoms with Crippen LogP contribution in [0.2, 0.25) is 0 Å². The molecule has 1 fully saturated rings. The van der Waals surface area contributed by atoms with Crippen molar-refractivity contribution in [1.82, 2.24) is 5.32 Å². The summed E-state index contributed by atoms with van der Waals surface area (Å²) in [4.78, 5) is 12.7. The average Bonchev–Trinajstić information content (AvgIpc) is 2.26. The maximum atomic E-state index is 12.7. The van der Waals surface area contributed by atoms with Crippen molar-refractivity contribution in [3.05, 3.63) is 0 Å². The Hall–Kier alpha value is -0.570. The summed E-state index contributed by atoms with van der Waals surface area (Å²) < 4.78 is 0. The fraction of sp³-hybridized carbons (Fsp3) is 0.941. The summed E-state index contributed by atoms with van der Waals surface area (Å²) in [6.07, 6.45) is 3.59. The van der Waals surface area contributed by atoms with Crippen molar-refractivity contribution in [2.24, 2.45) is 28.9 Å². The molecular weight excluding hydrogens is 248 g/mol. The van der Waals surface area contributed by atoms with E-state index in [0.29, 0.717) is 23.8 Å². The molecule has 0 heterocycles. The van der Waals surface area contributed by atoms with Crippen LogP contribution >= 0.6 is 0 Å². The minimum Gasteiger partial charge on any atom is -0.353 e. The molecule has 3 N–H and O–H groups in total. The van der Waals surface area contributed by atoms with E-state index in [1.807, 2.05) is 27.7 Å². The summed E-state index contributed by atoms with van der Waals surface area (Å²) in [6.45, 7) is 14.5. The van der Waals surface area contributed by atoms with Crippen molar-refractivity contribution in [2.75, 3.05) is 0 Å². The predicted molar refractivity (Wildman–Crippen MR) is 85.3 cm³/mol. The highest BCUT2D eigenvalue weighted by molar-refractivity contribution is 5.83. The van der Waals surface area contributed by atoms with Gasteiger partial charge in [-0.1, -0.05) is 27.2 Å². The number of nitrogens with two attached hydrogens (primary N) is 1. The van der Waals surface area contributed by atoms with Gasteiger partial charge in [0.25, 0.3) is 0 Å². The molecule has 0 aliphatic heterocycles. The van der Waals surface area contributed by atoms with Crippen molar-refractivity contribution < 1.29 is 4.79 Å². The molecule has 0 aromatic rings. The van der Waals surface area contributed by atoms with Crippen LogP contribution < -0.4 is 11.1 Å². The number of amides is 1. The molecule has 1 aliphatic carbocycles. The van der Waals surface area contributed by atoms with E-state index < -0.39 is 11.0 Å². The van der Waals surface area contributed by atoms with Gasteiger partial charge in [0.1, 0.15) is 0 Å². The highest BCUT2D eigenvalue weighted by Crippen LogP contribution is 2.35. The van der Waals surface area contributed by atoms with Gasteiger partial charge in [0.15, 0.2) is 0 Å². The molecule has 0 saturated heterocycles. The first-order valence-electron chi connectivity index (χ1n) is 8.06. The number of nitrogens with one attached hydrogen (secondary N) is 1. The fourth-order valence-corrected chi connectivity index (χ4v) is 3.01. The van der Waals surface area contributed by atoms with Crippen molar-refractivity contribution in [3.8, 4) is 0 Å². The van der Waals surface area contributed by atoms with Crippen molar-refractivity contribution >= 4 is 5.91 Å². The van der Waals surface area contributed by atoms with Crippen LogP contribution in [0.5, 0.6) is 0 Å². The summed E-state index contributed by atoms with van der Waals surface area (Å²) in [6, 6.07) is 0.299. The van der Waals surface area contributed by atoms with Crippen molar-refractivity contribution in [3.63, 3.8) is 0 Å². The first-order chi connectivity index (χ1) is 8.96. The summed E-state index contributed by atoms with van der Waals surface area (Å²) in [7, 11) is 0. The molecule has 1 rings (SSSR count). The van der Waals surface area contributed by atoms with Gasteiger partial charge in [0.2, 0.25) is 5.91 Å². The third-order valence-corrected chi connectivity index (χ3v) is 5.52. The molecule has 3 nitrogen and oxygen atoms in total. The fourth-order valence-electron chi connectivity index (χ4n) is 3.01. The highest BCUT2D eigenvalue weighted by Gasteiger charge is 2.42. The highest BCUT2D eigenvalue weighted by atomic mass is 16.2. The second kappa shape index (κ2) is 6.05. The molecule has 1 aliphatic rings. The summed E-state index contributed by atoms with van der Waals surface area (Å²) in [5.74, 6) is 1.99. The van der Waals surface area contributed by atoms with E-state index in [0.717, 1.165) is 6.42 Å². The SMILES string of the molecule is CC1CCC(C(C)C)C(NC(=O)C(C)(C)C(C)(C)N)C1. The Kier molecular flexibility index (Phi) is 5.29. The Labute approximate surface area is 125 Å². The Balaban J connectivity index is 2.81. The van der Waals surface area contributed by atoms with Gasteiger partial charge >= 0.3 is 0 Å². The Morgan fingerprint density at radius 1 is 1.20 bits per heavy atom. The quantitative estimate of drug-likeness (QED) is 0.831. The molecule has 1 amide bonds. The van der Waals surface area contributed by atoms with Crippen molar-refractivity contribution in [2.45, 2.75) is 79.3 Å². The Morgan fingerprint density at radius 3 is 2.20 bits per heavy atom. The average molecular weight is 282 g/mol. The van der Waals surface area contributed by atoms with Crippen LogP contribution in [0.15, 0.2) is 0 Å². The standard InChI is InChI=1S/C17H34N2O/c1-11(2)13-9-8-12(3)10-14(13)19-15(20)16(4,5)17(6,7)18/h11-14H,8-10,18H2,1-7H3,(H,19,20). The normalized spacial score (nSPS) is 28.6. The Morgan fingerprint density at radius 2 is 1.75 bits per heavy atom. The third-order valence-electron chi connectivity index (χ3n) is 5.52. The van der Waals surface area contributed by atoms with E-state index in [2.05, 4.69) is 26.1 Å². The zero-order chi connectivity index (χ0) is 15.7. The van der Waals surface area contributed by atoms with Gasteiger partial charge in [0, 0.05) is 11.6 Å². The minimum absolute atomic E-state index is 0.0924. The number of carbonyl (C=O) groups excluding carboxylic acids is 1. The van der Waals surface area contributed by atoms with E-state index in [1.54, 1.807) is 0 Å². The van der Waals surface area contributed by atoms with Crippen LogP contribution in [0.25, 0.3) is 0 Å². The van der Waals surface area contributed by atoms with Gasteiger partial charge in [-0.3, -0.25) is 4.79 Å². The van der Waals surface area contributed by atoms with E-state index in [4.69, 9.17) is 5.73 Å². The largest absolute Gasteiger partial charge is 0.353 e. The topological polar surface area (TPSA) is 55.1 Å². The van der Waals surface area contributed by atoms with Gasteiger partial charge in [-0.25, -0.2) is 0 Å². The molecule has 3 heteroatoms. The number of carbonyl (C=O) groups is 1. The summed E-state index contributed by atoms with van der Waals surface area (Å²) in [5, 5.41) is 3.31. The van der Waals surface area contributed by atoms with Crippen molar-refractivity contribution in [1.29, 1.82) is 0 Å². The van der Waals surface area contributed by atoms with E-state index in [9.17, 15) is 4.79 Å². The molecule has 0 spiro atoms. The molecule has 0 aromatic heterocycles. The molecule has 20 heavy (non-hydrogen) atoms. The lowest BCUT2D eigenvalue weighted by molar-refractivity contribution is -0.134. The second-order valence-electron chi connectivity index (χ2n) is 8.25. The third kappa shape index (κ3) is 3.75. The summed E-state index contributed by atoms with van der Waals surface area (Å²) in [5.41, 5.74) is 5.10. The van der Waals surface area contributed by atoms with E-state index in [-0.39, 0.29) is 5.91 Å². The number of rotatable bonds is 4. The molecule has 3 unspecified atom stereocenters. The molecule has 0 radical (unpaired) electrons. The van der Waals surface area contributed by atoms with Crippen LogP contribution in [0.1, 0.15) is 67.7 Å². The molecule has 0 bridgehead atoms. The van der Waals surface area contributed by atoms with Crippen LogP contribution in [0.4, 0.5) is 0 Å². The predicted octanol–water partition coefficient (Wildman–Crippen LogP) is 3.33. The molecule has 3 atom stereocenters. The molecular formula is C17H34N2O. The van der Waals surface area contributed by atoms with Crippen LogP contribution in [-0.2, 0) is 4.79 Å². The lowest BCUT2D eigenvalue weighted by Crippen LogP contribution is -2.58. The van der Waals surface area contributed by atoms with Gasteiger partial charge in [-0.2, -0.15) is 0 Å². The molecule has 1 saturated carbocycles. The lowest BCUT2D eigenvalue weighted by atomic mass is 9.71. The molecule has 118 valence electrons. The van der Waals surface area contributed by atoms with Crippen LogP contribution in [0.3, 0.4) is 0 Å². The van der Waals surface area contributed by atoms with Gasteiger partial charge < -0.3 is 11.1 Å². The zero-order valence-electron chi connectivity index (χ0n) is 14.4. The van der Waals surface area contributed by atoms with Crippen LogP contribution in [-0.4, -0.2) is 17.5 Å². The van der Waals surface area contributed by atoms with E-state index >= 15 is 0 Å². The lowest BCUT2D eigenvalue weighted by Gasteiger charge is -2.42. The maximum Gasteiger partial charge on any atom is 0.227 e. The first-order valence-corrected chi connectivity index (χ1v) is 8.06. The minimum atomic E-state index is -0.560. The maximum absolute atomic E-state index is 12.7. The monoisotopic (exact) mass is 282 g/mol. The Bertz CT molecular complexity index is 341. The van der Waals surface area contributed by atoms with Crippen LogP contribution in [0, 0.1) is 23.2 Å². The first kappa shape index (κ1) is 17.5.